The summed E-state index contributed by atoms with van der Waals surface area (Å²) in [6, 6.07) is 18.6. The second-order valence-corrected chi connectivity index (χ2v) is 8.57. The van der Waals surface area contributed by atoms with Crippen LogP contribution in [0.5, 0.6) is 0 Å². The van der Waals surface area contributed by atoms with Crippen LogP contribution in [0.4, 0.5) is 0 Å². The average Bonchev–Trinajstić information content (AvgIpc) is 2.93. The number of fused-ring (bicyclic) bond motifs is 2. The van der Waals surface area contributed by atoms with Gasteiger partial charge in [-0.2, -0.15) is 0 Å². The van der Waals surface area contributed by atoms with Gasteiger partial charge < -0.3 is 9.31 Å². The van der Waals surface area contributed by atoms with Gasteiger partial charge in [0, 0.05) is 34.2 Å². The molecule has 0 N–H and O–H groups in total. The van der Waals surface area contributed by atoms with Crippen LogP contribution in [0.1, 0.15) is 27.7 Å². The fourth-order valence-corrected chi connectivity index (χ4v) is 3.91. The van der Waals surface area contributed by atoms with Gasteiger partial charge >= 0.3 is 7.12 Å². The number of aromatic nitrogens is 2. The molecular weight excluding hydrogens is 359 g/mol. The quantitative estimate of drug-likeness (QED) is 0.470. The molecule has 0 unspecified atom stereocenters. The first kappa shape index (κ1) is 18.3. The van der Waals surface area contributed by atoms with E-state index in [-0.39, 0.29) is 0 Å². The molecule has 1 aliphatic heterocycles. The first-order valence-electron chi connectivity index (χ1n) is 9.95. The fraction of sp³-hybridized carbons (Fsp3) is 0.250. The predicted octanol–water partition coefficient (Wildman–Crippen LogP) is 4.75. The van der Waals surface area contributed by atoms with Crippen molar-refractivity contribution < 1.29 is 9.31 Å². The van der Waals surface area contributed by atoms with E-state index < -0.39 is 18.3 Å². The minimum Gasteiger partial charge on any atom is -0.399 e. The van der Waals surface area contributed by atoms with Gasteiger partial charge in [0.1, 0.15) is 0 Å². The Hall–Kier alpha value is -2.76. The molecule has 1 fully saturated rings. The second kappa shape index (κ2) is 6.38. The molecule has 0 atom stereocenters. The number of rotatable bonds is 2. The number of benzene rings is 2. The number of hydrogen-bond acceptors (Lipinski definition) is 4. The summed E-state index contributed by atoms with van der Waals surface area (Å²) in [4.78, 5) is 9.34. The zero-order chi connectivity index (χ0) is 20.2. The normalized spacial score (nSPS) is 17.9. The Kier molecular flexibility index (Phi) is 4.02. The maximum atomic E-state index is 6.30. The number of para-hydroxylation sites is 1. The van der Waals surface area contributed by atoms with Crippen molar-refractivity contribution in [2.24, 2.45) is 0 Å². The van der Waals surface area contributed by atoms with E-state index in [1.807, 2.05) is 24.5 Å². The van der Waals surface area contributed by atoms with Crippen molar-refractivity contribution in [1.82, 2.24) is 9.97 Å². The van der Waals surface area contributed by atoms with Gasteiger partial charge in [-0.25, -0.2) is 0 Å². The highest BCUT2D eigenvalue weighted by molar-refractivity contribution is 6.65. The van der Waals surface area contributed by atoms with Crippen molar-refractivity contribution in [3.05, 3.63) is 67.0 Å². The van der Waals surface area contributed by atoms with Crippen LogP contribution in [0, 0.1) is 0 Å². The minimum absolute atomic E-state index is 0.392. The van der Waals surface area contributed by atoms with Crippen LogP contribution in [-0.2, 0) is 9.31 Å². The maximum absolute atomic E-state index is 6.30. The van der Waals surface area contributed by atoms with Crippen molar-refractivity contribution >= 4 is 34.4 Å². The Morgan fingerprint density at radius 3 is 2.10 bits per heavy atom. The van der Waals surface area contributed by atoms with E-state index in [0.717, 1.165) is 38.4 Å². The Morgan fingerprint density at radius 1 is 0.690 bits per heavy atom. The van der Waals surface area contributed by atoms with E-state index in [1.54, 1.807) is 0 Å². The third kappa shape index (κ3) is 2.84. The number of nitrogens with zero attached hydrogens (tertiary/aromatic N) is 2. The van der Waals surface area contributed by atoms with Crippen molar-refractivity contribution in [1.29, 1.82) is 0 Å². The van der Waals surface area contributed by atoms with Gasteiger partial charge in [-0.05, 0) is 45.4 Å². The molecule has 1 aliphatic rings. The first-order chi connectivity index (χ1) is 13.9. The average molecular weight is 382 g/mol. The molecule has 0 saturated carbocycles. The van der Waals surface area contributed by atoms with Gasteiger partial charge in [0.15, 0.2) is 0 Å². The third-order valence-electron chi connectivity index (χ3n) is 6.23. The molecule has 0 spiro atoms. The summed E-state index contributed by atoms with van der Waals surface area (Å²) in [6.07, 6.45) is 3.66. The molecule has 1 saturated heterocycles. The molecule has 3 heterocycles. The van der Waals surface area contributed by atoms with Crippen LogP contribution in [0.3, 0.4) is 0 Å². The monoisotopic (exact) mass is 382 g/mol. The van der Waals surface area contributed by atoms with Gasteiger partial charge in [0.05, 0.1) is 22.2 Å². The third-order valence-corrected chi connectivity index (χ3v) is 6.23. The largest absolute Gasteiger partial charge is 0.497 e. The topological polar surface area (TPSA) is 44.2 Å². The lowest BCUT2D eigenvalue weighted by molar-refractivity contribution is 0.00578. The van der Waals surface area contributed by atoms with Gasteiger partial charge in [-0.3, -0.25) is 9.97 Å². The SMILES string of the molecule is CC1(C)OB(c2ccc(-c3cccc4cccnc34)c3cccnc23)OC1(C)C. The van der Waals surface area contributed by atoms with Crippen molar-refractivity contribution in [2.75, 3.05) is 0 Å². The van der Waals surface area contributed by atoms with E-state index in [0.29, 0.717) is 0 Å². The van der Waals surface area contributed by atoms with E-state index in [4.69, 9.17) is 14.3 Å². The van der Waals surface area contributed by atoms with Crippen LogP contribution in [0.15, 0.2) is 67.0 Å². The Morgan fingerprint density at radius 2 is 1.34 bits per heavy atom. The van der Waals surface area contributed by atoms with Crippen molar-refractivity contribution in [3.8, 4) is 11.1 Å². The lowest BCUT2D eigenvalue weighted by Crippen LogP contribution is -2.41. The predicted molar refractivity (Wildman–Crippen MR) is 118 cm³/mol. The van der Waals surface area contributed by atoms with Crippen LogP contribution >= 0.6 is 0 Å². The van der Waals surface area contributed by atoms with Crippen LogP contribution in [0.25, 0.3) is 32.9 Å². The maximum Gasteiger partial charge on any atom is 0.497 e. The first-order valence-corrected chi connectivity index (χ1v) is 9.95. The molecule has 2 aromatic heterocycles. The molecule has 5 rings (SSSR count). The molecule has 2 aromatic carbocycles. The summed E-state index contributed by atoms with van der Waals surface area (Å²) in [5, 5.41) is 2.19. The molecule has 29 heavy (non-hydrogen) atoms. The summed E-state index contributed by atoms with van der Waals surface area (Å²) < 4.78 is 12.6. The Balaban J connectivity index is 1.71. The van der Waals surface area contributed by atoms with Gasteiger partial charge in [0.25, 0.3) is 0 Å². The minimum atomic E-state index is -0.447. The smallest absolute Gasteiger partial charge is 0.399 e. The fourth-order valence-electron chi connectivity index (χ4n) is 3.91. The molecule has 5 heteroatoms. The zero-order valence-corrected chi connectivity index (χ0v) is 17.1. The molecule has 4 aromatic rings. The van der Waals surface area contributed by atoms with Crippen LogP contribution < -0.4 is 5.46 Å². The highest BCUT2D eigenvalue weighted by Crippen LogP contribution is 2.38. The highest BCUT2D eigenvalue weighted by Gasteiger charge is 2.52. The van der Waals surface area contributed by atoms with Crippen molar-refractivity contribution in [3.63, 3.8) is 0 Å². The van der Waals surface area contributed by atoms with E-state index in [9.17, 15) is 0 Å². The van der Waals surface area contributed by atoms with Crippen LogP contribution in [0.2, 0.25) is 0 Å². The Labute approximate surface area is 171 Å². The lowest BCUT2D eigenvalue weighted by Gasteiger charge is -2.32. The van der Waals surface area contributed by atoms with Crippen molar-refractivity contribution in [2.45, 2.75) is 38.9 Å². The molecular formula is C24H23BN2O2. The second-order valence-electron chi connectivity index (χ2n) is 8.57. The highest BCUT2D eigenvalue weighted by atomic mass is 16.7. The zero-order valence-electron chi connectivity index (χ0n) is 17.1. The summed E-state index contributed by atoms with van der Waals surface area (Å²) >= 11 is 0. The van der Waals surface area contributed by atoms with E-state index in [1.165, 1.54) is 0 Å². The lowest BCUT2D eigenvalue weighted by atomic mass is 9.76. The molecule has 0 aliphatic carbocycles. The van der Waals surface area contributed by atoms with Gasteiger partial charge in [0.2, 0.25) is 0 Å². The summed E-state index contributed by atoms with van der Waals surface area (Å²) in [6.45, 7) is 8.27. The molecule has 144 valence electrons. The standard InChI is InChI=1S/C24H23BN2O2/c1-23(2)24(3,4)29-25(28-23)20-13-12-17(19-11-7-15-27-22(19)20)18-10-5-8-16-9-6-14-26-21(16)18/h5-15H,1-4H3. The molecule has 0 amide bonds. The van der Waals surface area contributed by atoms with Gasteiger partial charge in [-0.1, -0.05) is 42.5 Å². The summed E-state index contributed by atoms with van der Waals surface area (Å²) in [5.41, 5.74) is 4.27. The van der Waals surface area contributed by atoms with Gasteiger partial charge in [-0.15, -0.1) is 0 Å². The summed E-state index contributed by atoms with van der Waals surface area (Å²) in [7, 11) is -0.447. The van der Waals surface area contributed by atoms with E-state index in [2.05, 4.69) is 75.1 Å². The molecule has 0 radical (unpaired) electrons. The summed E-state index contributed by atoms with van der Waals surface area (Å²) in [5.74, 6) is 0. The molecule has 4 nitrogen and oxygen atoms in total. The number of hydrogen-bond donors (Lipinski definition) is 0. The van der Waals surface area contributed by atoms with Crippen LogP contribution in [-0.4, -0.2) is 28.3 Å². The Bertz CT molecular complexity index is 1210. The van der Waals surface area contributed by atoms with E-state index >= 15 is 0 Å². The number of pyridine rings is 2. The molecule has 0 bridgehead atoms.